The van der Waals surface area contributed by atoms with E-state index < -0.39 is 0 Å². The van der Waals surface area contributed by atoms with Crippen LogP contribution < -0.4 is 9.47 Å². The van der Waals surface area contributed by atoms with E-state index in [9.17, 15) is 0 Å². The zero-order valence-corrected chi connectivity index (χ0v) is 18.8. The number of benzene rings is 2. The molecule has 0 bridgehead atoms. The molecule has 1 heterocycles. The summed E-state index contributed by atoms with van der Waals surface area (Å²) in [6, 6.07) is 16.1. The third-order valence-electron chi connectivity index (χ3n) is 5.17. The number of ether oxygens (including phenoxy) is 2. The molecule has 0 aliphatic heterocycles. The summed E-state index contributed by atoms with van der Waals surface area (Å²) in [4.78, 5) is 9.22. The largest absolute Gasteiger partial charge is 0.494 e. The van der Waals surface area contributed by atoms with E-state index >= 15 is 0 Å². The molecular weight excluding hydrogens is 384 g/mol. The van der Waals surface area contributed by atoms with Crippen molar-refractivity contribution in [2.45, 2.75) is 58.8 Å². The lowest BCUT2D eigenvalue weighted by molar-refractivity contribution is 0.304. The van der Waals surface area contributed by atoms with E-state index in [0.29, 0.717) is 6.61 Å². The van der Waals surface area contributed by atoms with Crippen LogP contribution in [0, 0.1) is 0 Å². The average molecular weight is 419 g/mol. The minimum absolute atomic E-state index is 0.715. The first-order valence-electron chi connectivity index (χ1n) is 11.6. The van der Waals surface area contributed by atoms with E-state index in [1.807, 2.05) is 60.9 Å². The monoisotopic (exact) mass is 418 g/mol. The standard InChI is InChI=1S/C27H34N2O2/c1-3-5-6-7-8-9-18-31-24-15-13-22(14-16-24)26-20-29-27(21-28-26)23-11-10-12-25(19-23)30-17-4-2/h10-16,19-21H,3-9,17-18H2,1-2H3. The zero-order valence-electron chi connectivity index (χ0n) is 18.8. The molecule has 0 aliphatic carbocycles. The van der Waals surface area contributed by atoms with Gasteiger partial charge in [-0.15, -0.1) is 0 Å². The minimum atomic E-state index is 0.715. The normalized spacial score (nSPS) is 10.8. The van der Waals surface area contributed by atoms with Crippen molar-refractivity contribution in [1.29, 1.82) is 0 Å². The fourth-order valence-corrected chi connectivity index (χ4v) is 3.39. The highest BCUT2D eigenvalue weighted by Crippen LogP contribution is 2.25. The van der Waals surface area contributed by atoms with Gasteiger partial charge in [-0.25, -0.2) is 0 Å². The predicted molar refractivity (Wildman–Crippen MR) is 128 cm³/mol. The highest BCUT2D eigenvalue weighted by atomic mass is 16.5. The van der Waals surface area contributed by atoms with E-state index in [0.717, 1.165) is 53.5 Å². The van der Waals surface area contributed by atoms with Crippen molar-refractivity contribution in [1.82, 2.24) is 9.97 Å². The first kappa shape index (κ1) is 22.8. The summed E-state index contributed by atoms with van der Waals surface area (Å²) in [6.45, 7) is 5.84. The van der Waals surface area contributed by atoms with Gasteiger partial charge in [0.1, 0.15) is 11.5 Å². The topological polar surface area (TPSA) is 44.2 Å². The van der Waals surface area contributed by atoms with Crippen LogP contribution >= 0.6 is 0 Å². The molecular formula is C27H34N2O2. The summed E-state index contributed by atoms with van der Waals surface area (Å²) in [5.41, 5.74) is 3.73. The number of aromatic nitrogens is 2. The Kier molecular flexibility index (Phi) is 9.36. The molecule has 4 heteroatoms. The second kappa shape index (κ2) is 12.7. The molecule has 0 amide bonds. The quantitative estimate of drug-likeness (QED) is 0.272. The van der Waals surface area contributed by atoms with E-state index in [1.54, 1.807) is 0 Å². The van der Waals surface area contributed by atoms with Crippen LogP contribution in [0.1, 0.15) is 58.8 Å². The Morgan fingerprint density at radius 1 is 0.613 bits per heavy atom. The Hall–Kier alpha value is -2.88. The summed E-state index contributed by atoms with van der Waals surface area (Å²) in [5, 5.41) is 0. The van der Waals surface area contributed by atoms with Gasteiger partial charge < -0.3 is 9.47 Å². The van der Waals surface area contributed by atoms with Gasteiger partial charge >= 0.3 is 0 Å². The average Bonchev–Trinajstić information content (AvgIpc) is 2.83. The van der Waals surface area contributed by atoms with Crippen LogP contribution in [0.15, 0.2) is 60.9 Å². The van der Waals surface area contributed by atoms with Crippen molar-refractivity contribution < 1.29 is 9.47 Å². The zero-order chi connectivity index (χ0) is 21.7. The molecule has 0 atom stereocenters. The van der Waals surface area contributed by atoms with Gasteiger partial charge in [0.05, 0.1) is 37.0 Å². The number of nitrogens with zero attached hydrogens (tertiary/aromatic N) is 2. The molecule has 31 heavy (non-hydrogen) atoms. The van der Waals surface area contributed by atoms with Gasteiger partial charge in [0.15, 0.2) is 0 Å². The number of unbranched alkanes of at least 4 members (excludes halogenated alkanes) is 5. The maximum atomic E-state index is 5.87. The number of rotatable bonds is 13. The van der Waals surface area contributed by atoms with Crippen LogP contribution in [-0.2, 0) is 0 Å². The smallest absolute Gasteiger partial charge is 0.119 e. The molecule has 0 aliphatic rings. The van der Waals surface area contributed by atoms with Crippen LogP contribution in [0.5, 0.6) is 11.5 Å². The highest BCUT2D eigenvalue weighted by Gasteiger charge is 2.05. The minimum Gasteiger partial charge on any atom is -0.494 e. The van der Waals surface area contributed by atoms with E-state index in [-0.39, 0.29) is 0 Å². The lowest BCUT2D eigenvalue weighted by Crippen LogP contribution is -1.97. The summed E-state index contributed by atoms with van der Waals surface area (Å²) < 4.78 is 11.6. The van der Waals surface area contributed by atoms with Gasteiger partial charge in [0.2, 0.25) is 0 Å². The molecule has 4 nitrogen and oxygen atoms in total. The number of hydrogen-bond donors (Lipinski definition) is 0. The Balaban J connectivity index is 1.53. The van der Waals surface area contributed by atoms with Gasteiger partial charge in [-0.1, -0.05) is 58.1 Å². The molecule has 0 unspecified atom stereocenters. The van der Waals surface area contributed by atoms with Gasteiger partial charge in [0, 0.05) is 11.1 Å². The molecule has 2 aromatic carbocycles. The van der Waals surface area contributed by atoms with Gasteiger partial charge in [-0.2, -0.15) is 0 Å². The van der Waals surface area contributed by atoms with Crippen molar-refractivity contribution in [2.75, 3.05) is 13.2 Å². The molecule has 0 radical (unpaired) electrons. The first-order chi connectivity index (χ1) is 15.3. The maximum absolute atomic E-state index is 5.87. The van der Waals surface area contributed by atoms with E-state index in [1.165, 1.54) is 32.1 Å². The van der Waals surface area contributed by atoms with Gasteiger partial charge in [-0.05, 0) is 49.2 Å². The van der Waals surface area contributed by atoms with Gasteiger partial charge in [-0.3, -0.25) is 9.97 Å². The molecule has 1 aromatic heterocycles. The predicted octanol–water partition coefficient (Wildman–Crippen LogP) is 7.34. The Morgan fingerprint density at radius 2 is 1.29 bits per heavy atom. The molecule has 0 saturated carbocycles. The summed E-state index contributed by atoms with van der Waals surface area (Å²) >= 11 is 0. The lowest BCUT2D eigenvalue weighted by atomic mass is 10.1. The fraction of sp³-hybridized carbons (Fsp3) is 0.407. The second-order valence-corrected chi connectivity index (χ2v) is 7.80. The summed E-state index contributed by atoms with van der Waals surface area (Å²) in [6.07, 6.45) is 12.3. The summed E-state index contributed by atoms with van der Waals surface area (Å²) in [5.74, 6) is 1.77. The summed E-state index contributed by atoms with van der Waals surface area (Å²) in [7, 11) is 0. The van der Waals surface area contributed by atoms with Crippen LogP contribution in [0.2, 0.25) is 0 Å². The van der Waals surface area contributed by atoms with E-state index in [2.05, 4.69) is 23.8 Å². The SMILES string of the molecule is CCCCCCCCOc1ccc(-c2cnc(-c3cccc(OCCC)c3)cn2)cc1. The first-order valence-corrected chi connectivity index (χ1v) is 11.6. The van der Waals surface area contributed by atoms with Crippen molar-refractivity contribution in [3.05, 3.63) is 60.9 Å². The van der Waals surface area contributed by atoms with Crippen molar-refractivity contribution in [2.24, 2.45) is 0 Å². The molecule has 0 fully saturated rings. The lowest BCUT2D eigenvalue weighted by Gasteiger charge is -2.08. The van der Waals surface area contributed by atoms with Crippen molar-refractivity contribution in [3.63, 3.8) is 0 Å². The molecule has 0 spiro atoms. The molecule has 164 valence electrons. The second-order valence-electron chi connectivity index (χ2n) is 7.80. The fourth-order valence-electron chi connectivity index (χ4n) is 3.39. The van der Waals surface area contributed by atoms with Crippen LogP contribution in [0.4, 0.5) is 0 Å². The van der Waals surface area contributed by atoms with Gasteiger partial charge in [0.25, 0.3) is 0 Å². The Labute approximate surface area is 186 Å². The van der Waals surface area contributed by atoms with E-state index in [4.69, 9.17) is 9.47 Å². The third-order valence-corrected chi connectivity index (χ3v) is 5.17. The highest BCUT2D eigenvalue weighted by molar-refractivity contribution is 5.64. The third kappa shape index (κ3) is 7.39. The molecule has 3 rings (SSSR count). The molecule has 0 N–H and O–H groups in total. The molecule has 0 saturated heterocycles. The van der Waals surface area contributed by atoms with Crippen molar-refractivity contribution >= 4 is 0 Å². The van der Waals surface area contributed by atoms with Crippen LogP contribution in [-0.4, -0.2) is 23.2 Å². The van der Waals surface area contributed by atoms with Crippen molar-refractivity contribution in [3.8, 4) is 34.0 Å². The van der Waals surface area contributed by atoms with Crippen LogP contribution in [0.3, 0.4) is 0 Å². The Bertz CT molecular complexity index is 892. The maximum Gasteiger partial charge on any atom is 0.119 e. The Morgan fingerprint density at radius 3 is 2.00 bits per heavy atom. The molecule has 3 aromatic rings. The van der Waals surface area contributed by atoms with Crippen LogP contribution in [0.25, 0.3) is 22.5 Å². The number of hydrogen-bond acceptors (Lipinski definition) is 4.